The van der Waals surface area contributed by atoms with Gasteiger partial charge in [0, 0.05) is 26.2 Å². The first-order valence-corrected chi connectivity index (χ1v) is 9.23. The SMILES string of the molecule is O=C(NCC(O)CN1CCc2ccccc2C1)c1cn2nc(Cl)ccc2n1. The average molecular weight is 386 g/mol. The summed E-state index contributed by atoms with van der Waals surface area (Å²) in [4.78, 5) is 18.7. The Bertz CT molecular complexity index is 974. The van der Waals surface area contributed by atoms with Gasteiger partial charge in [-0.05, 0) is 29.7 Å². The molecule has 1 aliphatic heterocycles. The number of nitrogens with zero attached hydrogens (tertiary/aromatic N) is 4. The summed E-state index contributed by atoms with van der Waals surface area (Å²) in [7, 11) is 0. The summed E-state index contributed by atoms with van der Waals surface area (Å²) in [5, 5.41) is 17.4. The number of aliphatic hydroxyl groups is 1. The molecule has 3 aromatic rings. The Hall–Kier alpha value is -2.48. The number of benzene rings is 1. The molecule has 140 valence electrons. The van der Waals surface area contributed by atoms with Crippen LogP contribution in [0.25, 0.3) is 5.65 Å². The molecule has 0 fully saturated rings. The van der Waals surface area contributed by atoms with Crippen LogP contribution < -0.4 is 5.32 Å². The molecule has 2 N–H and O–H groups in total. The van der Waals surface area contributed by atoms with Gasteiger partial charge in [0.05, 0.1) is 12.3 Å². The number of hydrogen-bond acceptors (Lipinski definition) is 5. The molecule has 0 spiro atoms. The highest BCUT2D eigenvalue weighted by Gasteiger charge is 2.19. The van der Waals surface area contributed by atoms with Gasteiger partial charge in [0.1, 0.15) is 10.8 Å². The number of aromatic nitrogens is 3. The quantitative estimate of drug-likeness (QED) is 0.696. The van der Waals surface area contributed by atoms with Crippen molar-refractivity contribution < 1.29 is 9.90 Å². The highest BCUT2D eigenvalue weighted by Crippen LogP contribution is 2.18. The number of amides is 1. The molecule has 1 aromatic carbocycles. The number of aliphatic hydroxyl groups excluding tert-OH is 1. The van der Waals surface area contributed by atoms with Gasteiger partial charge in [-0.1, -0.05) is 35.9 Å². The van der Waals surface area contributed by atoms with E-state index in [9.17, 15) is 9.90 Å². The van der Waals surface area contributed by atoms with Crippen LogP contribution in [0.1, 0.15) is 21.6 Å². The predicted molar refractivity (Wildman–Crippen MR) is 102 cm³/mol. The van der Waals surface area contributed by atoms with E-state index in [2.05, 4.69) is 38.5 Å². The maximum Gasteiger partial charge on any atom is 0.271 e. The number of nitrogens with one attached hydrogen (secondary N) is 1. The van der Waals surface area contributed by atoms with Crippen molar-refractivity contribution in [1.29, 1.82) is 0 Å². The molecule has 27 heavy (non-hydrogen) atoms. The third kappa shape index (κ3) is 4.10. The zero-order valence-corrected chi connectivity index (χ0v) is 15.4. The Balaban J connectivity index is 1.31. The van der Waals surface area contributed by atoms with E-state index in [4.69, 9.17) is 11.6 Å². The maximum absolute atomic E-state index is 12.3. The second kappa shape index (κ2) is 7.64. The van der Waals surface area contributed by atoms with Gasteiger partial charge in [0.25, 0.3) is 5.91 Å². The normalized spacial score (nSPS) is 15.5. The summed E-state index contributed by atoms with van der Waals surface area (Å²) in [6.45, 7) is 2.40. The van der Waals surface area contributed by atoms with E-state index < -0.39 is 6.10 Å². The predicted octanol–water partition coefficient (Wildman–Crippen LogP) is 1.53. The minimum absolute atomic E-state index is 0.166. The van der Waals surface area contributed by atoms with Crippen molar-refractivity contribution in [3.05, 3.63) is 64.6 Å². The molecular formula is C19H20ClN5O2. The van der Waals surface area contributed by atoms with Gasteiger partial charge < -0.3 is 10.4 Å². The van der Waals surface area contributed by atoms with Gasteiger partial charge in [0.2, 0.25) is 0 Å². The van der Waals surface area contributed by atoms with Crippen LogP contribution in [-0.4, -0.2) is 56.2 Å². The van der Waals surface area contributed by atoms with Gasteiger partial charge in [-0.25, -0.2) is 9.50 Å². The van der Waals surface area contributed by atoms with Crippen molar-refractivity contribution in [3.8, 4) is 0 Å². The van der Waals surface area contributed by atoms with Gasteiger partial charge in [-0.2, -0.15) is 5.10 Å². The Morgan fingerprint density at radius 2 is 2.07 bits per heavy atom. The Labute approximate surface area is 161 Å². The zero-order valence-electron chi connectivity index (χ0n) is 14.7. The highest BCUT2D eigenvalue weighted by atomic mass is 35.5. The number of carbonyl (C=O) groups is 1. The topological polar surface area (TPSA) is 82.8 Å². The summed E-state index contributed by atoms with van der Waals surface area (Å²) in [5.74, 6) is -0.348. The summed E-state index contributed by atoms with van der Waals surface area (Å²) in [5.41, 5.74) is 3.45. The molecule has 3 heterocycles. The smallest absolute Gasteiger partial charge is 0.271 e. The van der Waals surface area contributed by atoms with Crippen LogP contribution in [0.3, 0.4) is 0 Å². The van der Waals surface area contributed by atoms with Crippen LogP contribution >= 0.6 is 11.6 Å². The molecular weight excluding hydrogens is 366 g/mol. The number of β-amino-alcohol motifs (C(OH)–C–C–N with tert-alkyl or cyclic N) is 1. The maximum atomic E-state index is 12.3. The summed E-state index contributed by atoms with van der Waals surface area (Å²) >= 11 is 5.84. The highest BCUT2D eigenvalue weighted by molar-refractivity contribution is 6.29. The fourth-order valence-electron chi connectivity index (χ4n) is 3.34. The average Bonchev–Trinajstić information content (AvgIpc) is 3.09. The molecule has 4 rings (SSSR count). The number of imidazole rings is 1. The van der Waals surface area contributed by atoms with Crippen LogP contribution in [0.2, 0.25) is 5.15 Å². The van der Waals surface area contributed by atoms with Crippen molar-refractivity contribution in [2.45, 2.75) is 19.1 Å². The molecule has 8 heteroatoms. The number of hydrogen-bond donors (Lipinski definition) is 2. The number of halogens is 1. The number of carbonyl (C=O) groups excluding carboxylic acids is 1. The molecule has 7 nitrogen and oxygen atoms in total. The van der Waals surface area contributed by atoms with E-state index in [1.807, 2.05) is 6.07 Å². The van der Waals surface area contributed by atoms with E-state index in [1.54, 1.807) is 12.1 Å². The molecule has 1 aliphatic rings. The fourth-order valence-corrected chi connectivity index (χ4v) is 3.49. The first kappa shape index (κ1) is 17.9. The van der Waals surface area contributed by atoms with Crippen LogP contribution in [-0.2, 0) is 13.0 Å². The van der Waals surface area contributed by atoms with E-state index in [0.717, 1.165) is 19.5 Å². The molecule has 1 amide bonds. The van der Waals surface area contributed by atoms with Crippen molar-refractivity contribution in [2.75, 3.05) is 19.6 Å². The Kier molecular flexibility index (Phi) is 5.07. The first-order chi connectivity index (χ1) is 13.1. The molecule has 1 unspecified atom stereocenters. The molecule has 0 aliphatic carbocycles. The number of rotatable bonds is 5. The molecule has 1 atom stereocenters. The molecule has 0 saturated carbocycles. The lowest BCUT2D eigenvalue weighted by molar-refractivity contribution is 0.0838. The lowest BCUT2D eigenvalue weighted by atomic mass is 10.00. The fraction of sp³-hybridized carbons (Fsp3) is 0.316. The Morgan fingerprint density at radius 3 is 2.93 bits per heavy atom. The van der Waals surface area contributed by atoms with Crippen molar-refractivity contribution in [1.82, 2.24) is 24.8 Å². The van der Waals surface area contributed by atoms with Crippen LogP contribution in [0.15, 0.2) is 42.6 Å². The first-order valence-electron chi connectivity index (χ1n) is 8.86. The second-order valence-electron chi connectivity index (χ2n) is 6.70. The van der Waals surface area contributed by atoms with Crippen molar-refractivity contribution in [3.63, 3.8) is 0 Å². The second-order valence-corrected chi connectivity index (χ2v) is 7.09. The van der Waals surface area contributed by atoms with Crippen LogP contribution in [0.4, 0.5) is 0 Å². The van der Waals surface area contributed by atoms with Crippen LogP contribution in [0, 0.1) is 0 Å². The van der Waals surface area contributed by atoms with E-state index in [-0.39, 0.29) is 18.1 Å². The van der Waals surface area contributed by atoms with Gasteiger partial charge >= 0.3 is 0 Å². The molecule has 2 aromatic heterocycles. The van der Waals surface area contributed by atoms with Crippen LogP contribution in [0.5, 0.6) is 0 Å². The van der Waals surface area contributed by atoms with Gasteiger partial charge in [-0.15, -0.1) is 0 Å². The summed E-state index contributed by atoms with van der Waals surface area (Å²) < 4.78 is 1.46. The lowest BCUT2D eigenvalue weighted by Gasteiger charge is -2.30. The lowest BCUT2D eigenvalue weighted by Crippen LogP contribution is -2.42. The minimum Gasteiger partial charge on any atom is -0.390 e. The monoisotopic (exact) mass is 385 g/mol. The molecule has 0 saturated heterocycles. The third-order valence-corrected chi connectivity index (χ3v) is 4.90. The molecule has 0 radical (unpaired) electrons. The van der Waals surface area contributed by atoms with E-state index >= 15 is 0 Å². The molecule has 0 bridgehead atoms. The summed E-state index contributed by atoms with van der Waals surface area (Å²) in [6.07, 6.45) is 1.85. The van der Waals surface area contributed by atoms with E-state index in [0.29, 0.717) is 17.3 Å². The minimum atomic E-state index is -0.649. The van der Waals surface area contributed by atoms with E-state index in [1.165, 1.54) is 21.8 Å². The Morgan fingerprint density at radius 1 is 1.26 bits per heavy atom. The van der Waals surface area contributed by atoms with Gasteiger partial charge in [-0.3, -0.25) is 9.69 Å². The zero-order chi connectivity index (χ0) is 18.8. The summed E-state index contributed by atoms with van der Waals surface area (Å²) in [6, 6.07) is 11.7. The van der Waals surface area contributed by atoms with Crippen molar-refractivity contribution >= 4 is 23.2 Å². The third-order valence-electron chi connectivity index (χ3n) is 4.70. The largest absolute Gasteiger partial charge is 0.390 e. The number of fused-ring (bicyclic) bond motifs is 2. The van der Waals surface area contributed by atoms with Gasteiger partial charge in [0.15, 0.2) is 5.65 Å². The van der Waals surface area contributed by atoms with Crippen molar-refractivity contribution in [2.24, 2.45) is 0 Å². The standard InChI is InChI=1S/C19H20ClN5O2/c20-17-5-6-18-22-16(12-25(18)23-17)19(27)21-9-15(26)11-24-8-7-13-3-1-2-4-14(13)10-24/h1-6,12,15,26H,7-11H2,(H,21,27).